The maximum absolute atomic E-state index is 8.95. The van der Waals surface area contributed by atoms with Crippen molar-refractivity contribution in [3.05, 3.63) is 68.3 Å². The van der Waals surface area contributed by atoms with Gasteiger partial charge in [-0.25, -0.2) is 0 Å². The average molecular weight is 377 g/mol. The Labute approximate surface area is 160 Å². The summed E-state index contributed by atoms with van der Waals surface area (Å²) in [5, 5.41) is 8.08. The van der Waals surface area contributed by atoms with Crippen LogP contribution in [-0.2, 0) is 4.84 Å². The fraction of sp³-hybridized carbons (Fsp3) is 0.450. The molecule has 0 aromatic carbocycles. The third kappa shape index (κ3) is 6.02. The lowest BCUT2D eigenvalue weighted by molar-refractivity contribution is -0.749. The van der Waals surface area contributed by atoms with E-state index in [4.69, 9.17) is 15.1 Å². The number of aliphatic imine (C=N–C) groups is 1. The van der Waals surface area contributed by atoms with Crippen LogP contribution in [0, 0.1) is 15.5 Å². The van der Waals surface area contributed by atoms with Crippen LogP contribution in [0.5, 0.6) is 0 Å². The summed E-state index contributed by atoms with van der Waals surface area (Å²) in [4.78, 5) is 18.5. The molecule has 0 spiro atoms. The molecule has 6 heteroatoms. The second kappa shape index (κ2) is 10.8. The number of nitrogens with zero attached hydrogens (tertiary/aromatic N) is 2. The van der Waals surface area contributed by atoms with Crippen molar-refractivity contribution in [2.75, 3.05) is 13.4 Å². The molecule has 0 bridgehead atoms. The molecule has 2 aliphatic carbocycles. The van der Waals surface area contributed by atoms with E-state index >= 15 is 0 Å². The molecule has 0 N–H and O–H groups in total. The molecule has 0 aromatic rings. The molecule has 142 valence electrons. The number of hydrogen-bond acceptors (Lipinski definition) is 5. The second-order valence-electron chi connectivity index (χ2n) is 6.11. The molecule has 5 nitrogen and oxygen atoms in total. The molecule has 0 amide bonds. The molecule has 0 saturated carbocycles. The molecular weight excluding hydrogens is 348 g/mol. The van der Waals surface area contributed by atoms with Crippen LogP contribution < -0.4 is 0 Å². The van der Waals surface area contributed by atoms with Gasteiger partial charge < -0.3 is 4.84 Å². The zero-order valence-electron chi connectivity index (χ0n) is 16.2. The van der Waals surface area contributed by atoms with Crippen molar-refractivity contribution in [2.24, 2.45) is 10.4 Å². The van der Waals surface area contributed by atoms with Gasteiger partial charge in [0.05, 0.1) is 7.11 Å². The van der Waals surface area contributed by atoms with Gasteiger partial charge in [0, 0.05) is 22.2 Å². The lowest BCUT2D eigenvalue weighted by Gasteiger charge is -2.33. The Morgan fingerprint density at radius 2 is 2.19 bits per heavy atom. The number of allylic oxidation sites excluding steroid dienone is 10. The van der Waals surface area contributed by atoms with Crippen molar-refractivity contribution in [3.8, 4) is 0 Å². The molecular formula is C20H28N2O3S. The summed E-state index contributed by atoms with van der Waals surface area (Å²) in [6, 6.07) is 0. The van der Waals surface area contributed by atoms with Crippen molar-refractivity contribution in [1.29, 1.82) is 0 Å². The lowest BCUT2D eigenvalue weighted by Crippen LogP contribution is -2.23. The van der Waals surface area contributed by atoms with Crippen LogP contribution in [0.25, 0.3) is 0 Å². The number of rotatable bonds is 5. The minimum Gasteiger partial charge on any atom is -0.317 e. The third-order valence-corrected chi connectivity index (χ3v) is 5.59. The largest absolute Gasteiger partial charge is 0.317 e. The molecule has 0 radical (unpaired) electrons. The Bertz CT molecular complexity index is 681. The Kier molecular flexibility index (Phi) is 9.13. The minimum absolute atomic E-state index is 0.0667. The topological polar surface area (TPSA) is 64.7 Å². The highest BCUT2D eigenvalue weighted by atomic mass is 32.2. The van der Waals surface area contributed by atoms with Gasteiger partial charge in [-0.2, -0.15) is 0 Å². The second-order valence-corrected chi connectivity index (χ2v) is 7.02. The van der Waals surface area contributed by atoms with Gasteiger partial charge in [0.2, 0.25) is 0 Å². The Morgan fingerprint density at radius 3 is 2.77 bits per heavy atom. The van der Waals surface area contributed by atoms with Crippen LogP contribution in [0.15, 0.2) is 63.2 Å². The predicted molar refractivity (Wildman–Crippen MR) is 111 cm³/mol. The maximum Gasteiger partial charge on any atom is 0.294 e. The average Bonchev–Trinajstić information content (AvgIpc) is 2.83. The van der Waals surface area contributed by atoms with Gasteiger partial charge in [-0.05, 0) is 43.6 Å². The molecule has 0 aliphatic heterocycles. The van der Waals surface area contributed by atoms with Crippen LogP contribution in [0.1, 0.15) is 40.0 Å². The van der Waals surface area contributed by atoms with Crippen molar-refractivity contribution in [1.82, 2.24) is 0 Å². The van der Waals surface area contributed by atoms with Crippen molar-refractivity contribution >= 4 is 18.0 Å². The van der Waals surface area contributed by atoms with Crippen LogP contribution in [-0.4, -0.2) is 24.7 Å². The van der Waals surface area contributed by atoms with Crippen molar-refractivity contribution in [2.45, 2.75) is 40.0 Å². The van der Waals surface area contributed by atoms with E-state index in [0.717, 1.165) is 32.1 Å². The summed E-state index contributed by atoms with van der Waals surface area (Å²) in [7, 11) is 1.00. The summed E-state index contributed by atoms with van der Waals surface area (Å²) >= 11 is 1.80. The maximum atomic E-state index is 8.95. The summed E-state index contributed by atoms with van der Waals surface area (Å²) in [6.45, 7) is 6.62. The van der Waals surface area contributed by atoms with E-state index in [1.807, 2.05) is 0 Å². The molecule has 2 aliphatic rings. The molecule has 2 rings (SSSR count). The number of hydrogen-bond donors (Lipinski definition) is 0. The van der Waals surface area contributed by atoms with E-state index in [-0.39, 0.29) is 5.41 Å². The van der Waals surface area contributed by atoms with E-state index in [0.29, 0.717) is 0 Å². The van der Waals surface area contributed by atoms with Gasteiger partial charge in [-0.3, -0.25) is 4.99 Å². The Hall–Kier alpha value is -2.08. The first-order valence-corrected chi connectivity index (χ1v) is 9.82. The summed E-state index contributed by atoms with van der Waals surface area (Å²) < 4.78 is 0. The molecule has 1 atom stereocenters. The number of fused-ring (bicyclic) bond motifs is 1. The first kappa shape index (κ1) is 22.0. The zero-order chi connectivity index (χ0) is 19.6. The standard InChI is InChI=1S/C19H25NS.CH3NO3/c1-5-18(21-4)15(2)20-14-17-12-9-11-16-10-7-6-8-13-19(16,17)3;1-5-2(3)4/h6,8-12,14H,5,7,13H2,1-4H3;1H3/b18-15-,20-14?;. The fourth-order valence-corrected chi connectivity index (χ4v) is 3.54. The summed E-state index contributed by atoms with van der Waals surface area (Å²) in [5.74, 6) is 0. The van der Waals surface area contributed by atoms with E-state index in [1.54, 1.807) is 11.8 Å². The third-order valence-electron chi connectivity index (χ3n) is 4.51. The first-order chi connectivity index (χ1) is 12.4. The molecule has 0 aromatic heterocycles. The number of thioether (sulfide) groups is 1. The highest BCUT2D eigenvalue weighted by molar-refractivity contribution is 8.02. The zero-order valence-corrected chi connectivity index (χ0v) is 17.0. The monoisotopic (exact) mass is 376 g/mol. The van der Waals surface area contributed by atoms with Gasteiger partial charge in [-0.15, -0.1) is 21.9 Å². The van der Waals surface area contributed by atoms with Crippen LogP contribution in [0.3, 0.4) is 0 Å². The summed E-state index contributed by atoms with van der Waals surface area (Å²) in [6.07, 6.45) is 20.8. The highest BCUT2D eigenvalue weighted by Crippen LogP contribution is 2.43. The minimum atomic E-state index is -0.875. The van der Waals surface area contributed by atoms with Gasteiger partial charge in [0.15, 0.2) is 0 Å². The molecule has 26 heavy (non-hydrogen) atoms. The van der Waals surface area contributed by atoms with E-state index in [2.05, 4.69) is 74.5 Å². The highest BCUT2D eigenvalue weighted by Gasteiger charge is 2.32. The van der Waals surface area contributed by atoms with Gasteiger partial charge in [0.1, 0.15) is 0 Å². The van der Waals surface area contributed by atoms with Crippen molar-refractivity contribution in [3.63, 3.8) is 0 Å². The first-order valence-electron chi connectivity index (χ1n) is 8.59. The van der Waals surface area contributed by atoms with Gasteiger partial charge >= 0.3 is 0 Å². The molecule has 0 heterocycles. The van der Waals surface area contributed by atoms with E-state index in [9.17, 15) is 0 Å². The van der Waals surface area contributed by atoms with E-state index in [1.165, 1.54) is 16.1 Å². The normalized spacial score (nSPS) is 22.3. The quantitative estimate of drug-likeness (QED) is 0.268. The Morgan fingerprint density at radius 1 is 1.50 bits per heavy atom. The van der Waals surface area contributed by atoms with Crippen LogP contribution >= 0.6 is 11.8 Å². The van der Waals surface area contributed by atoms with E-state index < -0.39 is 5.09 Å². The Balaban J connectivity index is 0.000000597. The molecule has 0 saturated heterocycles. The lowest BCUT2D eigenvalue weighted by atomic mass is 9.71. The molecule has 0 fully saturated rings. The van der Waals surface area contributed by atoms with Crippen LogP contribution in [0.2, 0.25) is 0 Å². The summed E-state index contributed by atoms with van der Waals surface area (Å²) in [5.41, 5.74) is 3.92. The van der Waals surface area contributed by atoms with Crippen molar-refractivity contribution < 1.29 is 9.92 Å². The molecule has 1 unspecified atom stereocenters. The predicted octanol–water partition coefficient (Wildman–Crippen LogP) is 5.67. The van der Waals surface area contributed by atoms with Gasteiger partial charge in [-0.1, -0.05) is 50.3 Å². The smallest absolute Gasteiger partial charge is 0.294 e. The van der Waals surface area contributed by atoms with Crippen LogP contribution in [0.4, 0.5) is 0 Å². The van der Waals surface area contributed by atoms with Gasteiger partial charge in [0.25, 0.3) is 5.09 Å². The fourth-order valence-electron chi connectivity index (χ4n) is 2.90. The SMILES string of the molecule is CC/C(SC)=C(\C)N=CC1=CC=CC2=CCC=CCC12C.CO[N+](=O)[O-].